The van der Waals surface area contributed by atoms with Crippen LogP contribution in [0.5, 0.6) is 0 Å². The first kappa shape index (κ1) is 14.9. The van der Waals surface area contributed by atoms with Crippen LogP contribution in [0.3, 0.4) is 0 Å². The highest BCUT2D eigenvalue weighted by Gasteiger charge is 2.15. The van der Waals surface area contributed by atoms with Crippen LogP contribution < -0.4 is 10.5 Å². The minimum Gasteiger partial charge on any atom is -0.340 e. The molecule has 0 radical (unpaired) electrons. The number of halogens is 1. The zero-order valence-corrected chi connectivity index (χ0v) is 12.0. The molecule has 1 aromatic heterocycles. The molecule has 0 saturated carbocycles. The van der Waals surface area contributed by atoms with E-state index in [2.05, 4.69) is 14.9 Å². The molecule has 7 nitrogen and oxygen atoms in total. The van der Waals surface area contributed by atoms with Crippen LogP contribution in [0.1, 0.15) is 11.5 Å². The maximum Gasteiger partial charge on any atom is 0.240 e. The van der Waals surface area contributed by atoms with E-state index in [1.165, 1.54) is 18.5 Å². The van der Waals surface area contributed by atoms with E-state index in [0.29, 0.717) is 22.9 Å². The van der Waals surface area contributed by atoms with Gasteiger partial charge >= 0.3 is 0 Å². The Kier molecular flexibility index (Phi) is 4.71. The lowest BCUT2D eigenvalue weighted by Gasteiger charge is -2.07. The number of rotatable bonds is 6. The van der Waals surface area contributed by atoms with Crippen LogP contribution in [0.2, 0.25) is 5.02 Å². The molecule has 2 rings (SSSR count). The highest BCUT2D eigenvalue weighted by molar-refractivity contribution is 7.89. The normalized spacial score (nSPS) is 11.7. The summed E-state index contributed by atoms with van der Waals surface area (Å²) in [5.74, 6) is 0.365. The molecule has 0 aliphatic heterocycles. The number of hydrogen-bond donors (Lipinski definition) is 2. The van der Waals surface area contributed by atoms with Gasteiger partial charge in [0.15, 0.2) is 6.33 Å². The standard InChI is InChI=1S/C11H13ClN4O3S/c12-10-5-9(2-1-8(10)6-13)20(17,18)16-4-3-11-14-7-15-19-11/h1-2,5,7,16H,3-4,6,13H2. The molecule has 0 amide bonds. The zero-order valence-electron chi connectivity index (χ0n) is 10.4. The molecule has 9 heteroatoms. The Hall–Kier alpha value is -1.48. The van der Waals surface area contributed by atoms with Gasteiger partial charge in [-0.15, -0.1) is 0 Å². The summed E-state index contributed by atoms with van der Waals surface area (Å²) in [6.07, 6.45) is 1.57. The maximum absolute atomic E-state index is 12.0. The zero-order chi connectivity index (χ0) is 14.6. The Balaban J connectivity index is 2.04. The van der Waals surface area contributed by atoms with Crippen LogP contribution >= 0.6 is 11.6 Å². The van der Waals surface area contributed by atoms with Gasteiger partial charge < -0.3 is 10.3 Å². The van der Waals surface area contributed by atoms with Gasteiger partial charge in [-0.1, -0.05) is 22.8 Å². The fourth-order valence-electron chi connectivity index (χ4n) is 1.54. The molecule has 108 valence electrons. The highest BCUT2D eigenvalue weighted by Crippen LogP contribution is 2.20. The van der Waals surface area contributed by atoms with Crippen LogP contribution in [-0.2, 0) is 23.0 Å². The number of benzene rings is 1. The lowest BCUT2D eigenvalue weighted by molar-refractivity contribution is 0.377. The van der Waals surface area contributed by atoms with Gasteiger partial charge in [-0.25, -0.2) is 13.1 Å². The molecule has 0 bridgehead atoms. The van der Waals surface area contributed by atoms with Gasteiger partial charge in [-0.2, -0.15) is 4.98 Å². The Bertz CT molecular complexity index is 673. The van der Waals surface area contributed by atoms with E-state index >= 15 is 0 Å². The van der Waals surface area contributed by atoms with Crippen molar-refractivity contribution < 1.29 is 12.9 Å². The van der Waals surface area contributed by atoms with Crippen molar-refractivity contribution in [2.75, 3.05) is 6.54 Å². The van der Waals surface area contributed by atoms with Gasteiger partial charge in [-0.3, -0.25) is 0 Å². The highest BCUT2D eigenvalue weighted by atomic mass is 35.5. The molecule has 0 spiro atoms. The average molecular weight is 317 g/mol. The van der Waals surface area contributed by atoms with Gasteiger partial charge in [0.25, 0.3) is 0 Å². The van der Waals surface area contributed by atoms with E-state index in [4.69, 9.17) is 21.9 Å². The second-order valence-corrected chi connectivity index (χ2v) is 6.11. The third kappa shape index (κ3) is 3.54. The fourth-order valence-corrected chi connectivity index (χ4v) is 2.92. The first-order valence-corrected chi connectivity index (χ1v) is 7.63. The van der Waals surface area contributed by atoms with Gasteiger partial charge in [0.05, 0.1) is 4.90 Å². The summed E-state index contributed by atoms with van der Waals surface area (Å²) >= 11 is 5.95. The number of hydrogen-bond acceptors (Lipinski definition) is 6. The van der Waals surface area contributed by atoms with Crippen molar-refractivity contribution in [1.82, 2.24) is 14.9 Å². The van der Waals surface area contributed by atoms with E-state index in [1.54, 1.807) is 6.07 Å². The molecule has 0 aliphatic rings. The van der Waals surface area contributed by atoms with Gasteiger partial charge in [0.2, 0.25) is 15.9 Å². The summed E-state index contributed by atoms with van der Waals surface area (Å²) in [6, 6.07) is 4.43. The molecular formula is C11H13ClN4O3S. The summed E-state index contributed by atoms with van der Waals surface area (Å²) in [5.41, 5.74) is 6.16. The Labute approximate surface area is 121 Å². The number of aromatic nitrogens is 2. The number of sulfonamides is 1. The lowest BCUT2D eigenvalue weighted by atomic mass is 10.2. The Morgan fingerprint density at radius 3 is 2.80 bits per heavy atom. The molecule has 0 fully saturated rings. The second kappa shape index (κ2) is 6.31. The third-order valence-electron chi connectivity index (χ3n) is 2.59. The SMILES string of the molecule is NCc1ccc(S(=O)(=O)NCCc2ncno2)cc1Cl. The molecule has 0 aliphatic carbocycles. The molecule has 1 aromatic carbocycles. The van der Waals surface area contributed by atoms with Crippen molar-refractivity contribution in [3.05, 3.63) is 41.0 Å². The molecule has 3 N–H and O–H groups in total. The summed E-state index contributed by atoms with van der Waals surface area (Å²) in [6.45, 7) is 0.407. The predicted octanol–water partition coefficient (Wildman–Crippen LogP) is 0.703. The fraction of sp³-hybridized carbons (Fsp3) is 0.273. The molecule has 0 unspecified atom stereocenters. The van der Waals surface area contributed by atoms with Crippen molar-refractivity contribution >= 4 is 21.6 Å². The first-order valence-electron chi connectivity index (χ1n) is 5.76. The van der Waals surface area contributed by atoms with Crippen LogP contribution in [-0.4, -0.2) is 25.1 Å². The second-order valence-electron chi connectivity index (χ2n) is 3.94. The van der Waals surface area contributed by atoms with E-state index < -0.39 is 10.0 Å². The van der Waals surface area contributed by atoms with Crippen molar-refractivity contribution in [1.29, 1.82) is 0 Å². The molecule has 0 saturated heterocycles. The summed E-state index contributed by atoms with van der Waals surface area (Å²) in [5, 5.41) is 3.76. The molecular weight excluding hydrogens is 304 g/mol. The minimum absolute atomic E-state index is 0.0882. The van der Waals surface area contributed by atoms with E-state index in [0.717, 1.165) is 0 Å². The largest absolute Gasteiger partial charge is 0.340 e. The summed E-state index contributed by atoms with van der Waals surface area (Å²) in [4.78, 5) is 3.89. The molecule has 2 aromatic rings. The molecule has 1 heterocycles. The van der Waals surface area contributed by atoms with E-state index in [9.17, 15) is 8.42 Å². The summed E-state index contributed by atoms with van der Waals surface area (Å²) < 4.78 is 31.3. The topological polar surface area (TPSA) is 111 Å². The van der Waals surface area contributed by atoms with Crippen LogP contribution in [0.4, 0.5) is 0 Å². The van der Waals surface area contributed by atoms with Crippen molar-refractivity contribution in [2.45, 2.75) is 17.9 Å². The maximum atomic E-state index is 12.0. The van der Waals surface area contributed by atoms with Gasteiger partial charge in [-0.05, 0) is 17.7 Å². The predicted molar refractivity (Wildman–Crippen MR) is 72.5 cm³/mol. The number of nitrogens with zero attached hydrogens (tertiary/aromatic N) is 2. The number of nitrogens with one attached hydrogen (secondary N) is 1. The lowest BCUT2D eigenvalue weighted by Crippen LogP contribution is -2.26. The smallest absolute Gasteiger partial charge is 0.240 e. The van der Waals surface area contributed by atoms with Crippen molar-refractivity contribution in [3.63, 3.8) is 0 Å². The molecule has 0 atom stereocenters. The van der Waals surface area contributed by atoms with Gasteiger partial charge in [0.1, 0.15) is 0 Å². The van der Waals surface area contributed by atoms with Crippen LogP contribution in [0, 0.1) is 0 Å². The van der Waals surface area contributed by atoms with Gasteiger partial charge in [0, 0.05) is 24.5 Å². The first-order chi connectivity index (χ1) is 9.53. The average Bonchev–Trinajstić information content (AvgIpc) is 2.91. The van der Waals surface area contributed by atoms with Crippen molar-refractivity contribution in [2.24, 2.45) is 5.73 Å². The van der Waals surface area contributed by atoms with E-state index in [1.807, 2.05) is 0 Å². The summed E-state index contributed by atoms with van der Waals surface area (Å²) in [7, 11) is -3.63. The van der Waals surface area contributed by atoms with Crippen LogP contribution in [0.15, 0.2) is 33.9 Å². The Morgan fingerprint density at radius 1 is 1.40 bits per heavy atom. The number of nitrogens with two attached hydrogens (primary N) is 1. The van der Waals surface area contributed by atoms with Crippen molar-refractivity contribution in [3.8, 4) is 0 Å². The molecule has 20 heavy (non-hydrogen) atoms. The third-order valence-corrected chi connectivity index (χ3v) is 4.40. The minimum atomic E-state index is -3.63. The quantitative estimate of drug-likeness (QED) is 0.811. The van der Waals surface area contributed by atoms with E-state index in [-0.39, 0.29) is 18.0 Å². The Morgan fingerprint density at radius 2 is 2.20 bits per heavy atom. The van der Waals surface area contributed by atoms with Crippen LogP contribution in [0.25, 0.3) is 0 Å². The monoisotopic (exact) mass is 316 g/mol.